The Bertz CT molecular complexity index is 554. The normalized spacial score (nSPS) is 17.6. The molecule has 4 heteroatoms. The molecule has 0 aromatic heterocycles. The Morgan fingerprint density at radius 1 is 1.35 bits per heavy atom. The molecule has 1 aliphatic rings. The topological polar surface area (TPSA) is 58.6 Å². The average Bonchev–Trinajstić information content (AvgIpc) is 2.55. The number of aliphatic hydroxyl groups is 1. The first kappa shape index (κ1) is 17.5. The molecular weight excluding hydrogens is 290 g/mol. The summed E-state index contributed by atoms with van der Waals surface area (Å²) in [6, 6.07) is 7.68. The van der Waals surface area contributed by atoms with Crippen molar-refractivity contribution < 1.29 is 14.6 Å². The van der Waals surface area contributed by atoms with E-state index in [9.17, 15) is 9.90 Å². The van der Waals surface area contributed by atoms with Crippen molar-refractivity contribution in [3.8, 4) is 5.75 Å². The number of nitrogens with one attached hydrogen (secondary N) is 1. The van der Waals surface area contributed by atoms with Crippen molar-refractivity contribution in [2.75, 3.05) is 13.7 Å². The van der Waals surface area contributed by atoms with Gasteiger partial charge in [0, 0.05) is 18.2 Å². The van der Waals surface area contributed by atoms with E-state index in [0.29, 0.717) is 6.42 Å². The van der Waals surface area contributed by atoms with Gasteiger partial charge >= 0.3 is 0 Å². The summed E-state index contributed by atoms with van der Waals surface area (Å²) in [7, 11) is 1.63. The highest BCUT2D eigenvalue weighted by molar-refractivity contribution is 5.95. The molecule has 0 saturated heterocycles. The molecular formula is C19H27NO3. The van der Waals surface area contributed by atoms with E-state index in [2.05, 4.69) is 5.32 Å². The van der Waals surface area contributed by atoms with Crippen LogP contribution in [0, 0.1) is 0 Å². The lowest BCUT2D eigenvalue weighted by Gasteiger charge is -2.37. The molecule has 0 spiro atoms. The zero-order valence-electron chi connectivity index (χ0n) is 14.1. The summed E-state index contributed by atoms with van der Waals surface area (Å²) in [5.41, 5.74) is 1.63. The fourth-order valence-corrected chi connectivity index (χ4v) is 3.33. The number of rotatable bonds is 6. The molecule has 4 nitrogen and oxygen atoms in total. The summed E-state index contributed by atoms with van der Waals surface area (Å²) in [6.45, 7) is 2.03. The first-order valence-corrected chi connectivity index (χ1v) is 8.34. The largest absolute Gasteiger partial charge is 0.497 e. The van der Waals surface area contributed by atoms with Crippen LogP contribution in [0.1, 0.15) is 51.0 Å². The Morgan fingerprint density at radius 3 is 2.74 bits per heavy atom. The van der Waals surface area contributed by atoms with Gasteiger partial charge in [-0.05, 0) is 49.5 Å². The first-order chi connectivity index (χ1) is 11.1. The number of carbonyl (C=O) groups excluding carboxylic acids is 1. The second-order valence-corrected chi connectivity index (χ2v) is 6.36. The van der Waals surface area contributed by atoms with Crippen molar-refractivity contribution in [3.05, 3.63) is 35.9 Å². The molecule has 0 atom stereocenters. The zero-order valence-corrected chi connectivity index (χ0v) is 14.1. The van der Waals surface area contributed by atoms with Crippen molar-refractivity contribution in [3.63, 3.8) is 0 Å². The van der Waals surface area contributed by atoms with Crippen molar-refractivity contribution in [1.82, 2.24) is 5.32 Å². The number of hydrogen-bond donors (Lipinski definition) is 2. The minimum atomic E-state index is -0.241. The van der Waals surface area contributed by atoms with Crippen LogP contribution >= 0.6 is 0 Å². The van der Waals surface area contributed by atoms with E-state index >= 15 is 0 Å². The summed E-state index contributed by atoms with van der Waals surface area (Å²) >= 11 is 0. The SMILES string of the molecule is COc1cccc(/C(C)=C/C(=O)NC2(CCO)CCCCC2)c1. The number of aliphatic hydroxyl groups excluding tert-OH is 1. The third-order valence-corrected chi connectivity index (χ3v) is 4.66. The van der Waals surface area contributed by atoms with Crippen LogP contribution in [0.2, 0.25) is 0 Å². The second kappa shape index (κ2) is 8.16. The van der Waals surface area contributed by atoms with Gasteiger partial charge < -0.3 is 15.2 Å². The highest BCUT2D eigenvalue weighted by atomic mass is 16.5. The lowest BCUT2D eigenvalue weighted by molar-refractivity contribution is -0.119. The highest BCUT2D eigenvalue weighted by Gasteiger charge is 2.32. The molecule has 0 heterocycles. The Balaban J connectivity index is 2.09. The van der Waals surface area contributed by atoms with E-state index < -0.39 is 0 Å². The molecule has 1 aliphatic carbocycles. The van der Waals surface area contributed by atoms with Gasteiger partial charge in [-0.1, -0.05) is 31.4 Å². The molecule has 1 amide bonds. The molecule has 0 unspecified atom stereocenters. The van der Waals surface area contributed by atoms with Crippen LogP contribution < -0.4 is 10.1 Å². The smallest absolute Gasteiger partial charge is 0.244 e. The molecule has 0 radical (unpaired) electrons. The summed E-state index contributed by atoms with van der Waals surface area (Å²) in [5.74, 6) is 0.695. The van der Waals surface area contributed by atoms with E-state index in [4.69, 9.17) is 4.74 Å². The maximum absolute atomic E-state index is 12.4. The fourth-order valence-electron chi connectivity index (χ4n) is 3.33. The average molecular weight is 317 g/mol. The molecule has 0 aliphatic heterocycles. The Hall–Kier alpha value is -1.81. The quantitative estimate of drug-likeness (QED) is 0.792. The molecule has 0 bridgehead atoms. The van der Waals surface area contributed by atoms with Crippen LogP contribution in [0.5, 0.6) is 5.75 Å². The van der Waals surface area contributed by atoms with Gasteiger partial charge in [0.2, 0.25) is 5.91 Å². The molecule has 1 aromatic carbocycles. The molecule has 1 fully saturated rings. The fraction of sp³-hybridized carbons (Fsp3) is 0.526. The van der Waals surface area contributed by atoms with Crippen LogP contribution in [-0.2, 0) is 4.79 Å². The minimum Gasteiger partial charge on any atom is -0.497 e. The van der Waals surface area contributed by atoms with Crippen LogP contribution in [0.4, 0.5) is 0 Å². The van der Waals surface area contributed by atoms with Gasteiger partial charge in [0.15, 0.2) is 0 Å². The van der Waals surface area contributed by atoms with Gasteiger partial charge in [0.1, 0.15) is 5.75 Å². The highest BCUT2D eigenvalue weighted by Crippen LogP contribution is 2.31. The molecule has 1 aromatic rings. The number of amides is 1. The van der Waals surface area contributed by atoms with Crippen molar-refractivity contribution in [2.45, 2.75) is 51.0 Å². The van der Waals surface area contributed by atoms with Gasteiger partial charge in [-0.2, -0.15) is 0 Å². The van der Waals surface area contributed by atoms with E-state index in [1.165, 1.54) is 6.42 Å². The maximum Gasteiger partial charge on any atom is 0.244 e. The van der Waals surface area contributed by atoms with Crippen LogP contribution in [0.15, 0.2) is 30.3 Å². The van der Waals surface area contributed by atoms with E-state index in [0.717, 1.165) is 42.6 Å². The van der Waals surface area contributed by atoms with E-state index in [1.807, 2.05) is 31.2 Å². The summed E-state index contributed by atoms with van der Waals surface area (Å²) in [6.07, 6.45) is 7.60. The van der Waals surface area contributed by atoms with Gasteiger partial charge in [-0.15, -0.1) is 0 Å². The monoisotopic (exact) mass is 317 g/mol. The lowest BCUT2D eigenvalue weighted by Crippen LogP contribution is -2.49. The molecule has 1 saturated carbocycles. The van der Waals surface area contributed by atoms with Gasteiger partial charge in [0.05, 0.1) is 7.11 Å². The van der Waals surface area contributed by atoms with Gasteiger partial charge in [0.25, 0.3) is 0 Å². The zero-order chi connectivity index (χ0) is 16.7. The Morgan fingerprint density at radius 2 is 2.09 bits per heavy atom. The standard InChI is InChI=1S/C19H27NO3/c1-15(16-7-6-8-17(14-16)23-2)13-18(22)20-19(11-12-21)9-4-3-5-10-19/h6-8,13-14,21H,3-5,9-12H2,1-2H3,(H,20,22)/b15-13+. The summed E-state index contributed by atoms with van der Waals surface area (Å²) in [4.78, 5) is 12.4. The first-order valence-electron chi connectivity index (χ1n) is 8.34. The van der Waals surface area contributed by atoms with Gasteiger partial charge in [-0.3, -0.25) is 4.79 Å². The van der Waals surface area contributed by atoms with Crippen LogP contribution in [-0.4, -0.2) is 30.3 Å². The number of methoxy groups -OCH3 is 1. The van der Waals surface area contributed by atoms with Crippen molar-refractivity contribution in [2.24, 2.45) is 0 Å². The van der Waals surface area contributed by atoms with Gasteiger partial charge in [-0.25, -0.2) is 0 Å². The minimum absolute atomic E-state index is 0.0827. The Kier molecular flexibility index (Phi) is 6.22. The van der Waals surface area contributed by atoms with E-state index in [1.54, 1.807) is 13.2 Å². The molecule has 2 N–H and O–H groups in total. The number of carbonyl (C=O) groups is 1. The Labute approximate surface area is 138 Å². The number of allylic oxidation sites excluding steroid dienone is 1. The lowest BCUT2D eigenvalue weighted by atomic mass is 9.79. The molecule has 23 heavy (non-hydrogen) atoms. The second-order valence-electron chi connectivity index (χ2n) is 6.36. The van der Waals surface area contributed by atoms with Crippen LogP contribution in [0.25, 0.3) is 5.57 Å². The molecule has 2 rings (SSSR count). The number of benzene rings is 1. The third-order valence-electron chi connectivity index (χ3n) is 4.66. The van der Waals surface area contributed by atoms with Crippen molar-refractivity contribution in [1.29, 1.82) is 0 Å². The van der Waals surface area contributed by atoms with Crippen LogP contribution in [0.3, 0.4) is 0 Å². The number of hydrogen-bond acceptors (Lipinski definition) is 3. The predicted molar refractivity (Wildman–Crippen MR) is 92.3 cm³/mol. The molecule has 126 valence electrons. The number of ether oxygens (including phenoxy) is 1. The van der Waals surface area contributed by atoms with E-state index in [-0.39, 0.29) is 18.1 Å². The van der Waals surface area contributed by atoms with Crippen molar-refractivity contribution >= 4 is 11.5 Å². The maximum atomic E-state index is 12.4. The summed E-state index contributed by atoms with van der Waals surface area (Å²) < 4.78 is 5.22. The predicted octanol–water partition coefficient (Wildman–Crippen LogP) is 3.30. The summed E-state index contributed by atoms with van der Waals surface area (Å²) in [5, 5.41) is 12.5. The third kappa shape index (κ3) is 4.83.